The molecule has 0 aliphatic carbocycles. The monoisotopic (exact) mass is 277 g/mol. The largest absolute Gasteiger partial charge is 0.394 e. The minimum Gasteiger partial charge on any atom is -0.394 e. The van der Waals surface area contributed by atoms with Crippen LogP contribution in [0.4, 0.5) is 0 Å². The molecular formula is C11H20BrNO2. The standard InChI is InChI=1S/C11H20BrNO2/c1-2-10(12)11(15)13-7-5-3-4-6-9(13)8-14/h9-10,14H,2-8H2,1H3. The summed E-state index contributed by atoms with van der Waals surface area (Å²) in [5.41, 5.74) is 0. The van der Waals surface area contributed by atoms with E-state index in [1.807, 2.05) is 11.8 Å². The first-order chi connectivity index (χ1) is 7.20. The molecule has 1 saturated heterocycles. The van der Waals surface area contributed by atoms with E-state index in [2.05, 4.69) is 15.9 Å². The number of aliphatic hydroxyl groups is 1. The van der Waals surface area contributed by atoms with Crippen molar-refractivity contribution in [1.29, 1.82) is 0 Å². The van der Waals surface area contributed by atoms with Crippen LogP contribution in [0.25, 0.3) is 0 Å². The van der Waals surface area contributed by atoms with Crippen LogP contribution in [0.15, 0.2) is 0 Å². The first kappa shape index (κ1) is 13.0. The fraction of sp³-hybridized carbons (Fsp3) is 0.909. The van der Waals surface area contributed by atoms with Gasteiger partial charge in [-0.25, -0.2) is 0 Å². The molecule has 1 fully saturated rings. The number of rotatable bonds is 3. The number of halogens is 1. The van der Waals surface area contributed by atoms with Crippen LogP contribution in [0.3, 0.4) is 0 Å². The molecule has 15 heavy (non-hydrogen) atoms. The van der Waals surface area contributed by atoms with Gasteiger partial charge in [-0.05, 0) is 19.3 Å². The third-order valence-corrected chi connectivity index (χ3v) is 4.04. The molecule has 1 heterocycles. The maximum atomic E-state index is 12.0. The van der Waals surface area contributed by atoms with Crippen LogP contribution < -0.4 is 0 Å². The van der Waals surface area contributed by atoms with Gasteiger partial charge in [-0.1, -0.05) is 35.7 Å². The first-order valence-corrected chi connectivity index (χ1v) is 6.67. The highest BCUT2D eigenvalue weighted by molar-refractivity contribution is 9.10. The van der Waals surface area contributed by atoms with Crippen LogP contribution in [0.1, 0.15) is 39.0 Å². The number of aliphatic hydroxyl groups excluding tert-OH is 1. The Hall–Kier alpha value is -0.0900. The maximum Gasteiger partial charge on any atom is 0.236 e. The molecule has 2 atom stereocenters. The second-order valence-electron chi connectivity index (χ2n) is 4.09. The van der Waals surface area contributed by atoms with Crippen molar-refractivity contribution >= 4 is 21.8 Å². The molecule has 0 aromatic heterocycles. The molecule has 0 bridgehead atoms. The second kappa shape index (κ2) is 6.48. The van der Waals surface area contributed by atoms with E-state index in [4.69, 9.17) is 0 Å². The van der Waals surface area contributed by atoms with Crippen molar-refractivity contribution in [2.24, 2.45) is 0 Å². The van der Waals surface area contributed by atoms with Gasteiger partial charge in [0.1, 0.15) is 0 Å². The van der Waals surface area contributed by atoms with Crippen LogP contribution >= 0.6 is 15.9 Å². The fourth-order valence-electron chi connectivity index (χ4n) is 2.01. The molecular weight excluding hydrogens is 258 g/mol. The highest BCUT2D eigenvalue weighted by Gasteiger charge is 2.27. The molecule has 3 nitrogen and oxygen atoms in total. The molecule has 1 N–H and O–H groups in total. The summed E-state index contributed by atoms with van der Waals surface area (Å²) < 4.78 is 0. The molecule has 0 aromatic rings. The van der Waals surface area contributed by atoms with Gasteiger partial charge >= 0.3 is 0 Å². The lowest BCUT2D eigenvalue weighted by Gasteiger charge is -2.30. The van der Waals surface area contributed by atoms with Gasteiger partial charge in [-0.3, -0.25) is 4.79 Å². The van der Waals surface area contributed by atoms with Gasteiger partial charge in [0.05, 0.1) is 17.5 Å². The molecule has 88 valence electrons. The number of nitrogens with zero attached hydrogens (tertiary/aromatic N) is 1. The van der Waals surface area contributed by atoms with Crippen LogP contribution in [-0.4, -0.2) is 39.9 Å². The second-order valence-corrected chi connectivity index (χ2v) is 5.20. The van der Waals surface area contributed by atoms with Crippen molar-refractivity contribution in [2.45, 2.75) is 49.9 Å². The van der Waals surface area contributed by atoms with E-state index in [9.17, 15) is 9.90 Å². The number of alkyl halides is 1. The van der Waals surface area contributed by atoms with E-state index in [0.717, 1.165) is 32.2 Å². The predicted molar refractivity (Wildman–Crippen MR) is 64.1 cm³/mol. The number of hydrogen-bond donors (Lipinski definition) is 1. The Labute approximate surface area is 100.0 Å². The summed E-state index contributed by atoms with van der Waals surface area (Å²) in [7, 11) is 0. The van der Waals surface area contributed by atoms with Gasteiger partial charge in [0.25, 0.3) is 0 Å². The van der Waals surface area contributed by atoms with Crippen molar-refractivity contribution in [2.75, 3.05) is 13.2 Å². The zero-order chi connectivity index (χ0) is 11.3. The van der Waals surface area contributed by atoms with E-state index in [1.165, 1.54) is 6.42 Å². The van der Waals surface area contributed by atoms with E-state index < -0.39 is 0 Å². The van der Waals surface area contributed by atoms with Gasteiger partial charge in [0, 0.05) is 6.54 Å². The Morgan fingerprint density at radius 3 is 2.87 bits per heavy atom. The average Bonchev–Trinajstić information content (AvgIpc) is 2.51. The minimum atomic E-state index is -0.0929. The predicted octanol–water partition coefficient (Wildman–Crippen LogP) is 1.92. The summed E-state index contributed by atoms with van der Waals surface area (Å²) in [6.07, 6.45) is 5.08. The Bertz CT molecular complexity index is 211. The van der Waals surface area contributed by atoms with Crippen molar-refractivity contribution in [3.8, 4) is 0 Å². The summed E-state index contributed by atoms with van der Waals surface area (Å²) in [5, 5.41) is 9.28. The Kier molecular flexibility index (Phi) is 5.61. The number of likely N-dealkylation sites (tertiary alicyclic amines) is 1. The number of hydrogen-bond acceptors (Lipinski definition) is 2. The van der Waals surface area contributed by atoms with Crippen molar-refractivity contribution in [3.05, 3.63) is 0 Å². The van der Waals surface area contributed by atoms with Crippen LogP contribution in [0, 0.1) is 0 Å². The van der Waals surface area contributed by atoms with Crippen LogP contribution in [-0.2, 0) is 4.79 Å². The summed E-state index contributed by atoms with van der Waals surface area (Å²) >= 11 is 3.39. The Morgan fingerprint density at radius 1 is 1.53 bits per heavy atom. The molecule has 0 spiro atoms. The minimum absolute atomic E-state index is 0.0339. The van der Waals surface area contributed by atoms with Crippen molar-refractivity contribution in [3.63, 3.8) is 0 Å². The fourth-order valence-corrected chi connectivity index (χ4v) is 2.27. The Balaban J connectivity index is 2.65. The molecule has 1 aliphatic heterocycles. The molecule has 0 saturated carbocycles. The van der Waals surface area contributed by atoms with E-state index in [0.29, 0.717) is 0 Å². The van der Waals surface area contributed by atoms with Gasteiger partial charge in [-0.15, -0.1) is 0 Å². The highest BCUT2D eigenvalue weighted by Crippen LogP contribution is 2.20. The van der Waals surface area contributed by atoms with Gasteiger partial charge in [0.15, 0.2) is 0 Å². The number of carbonyl (C=O) groups is 1. The molecule has 1 rings (SSSR count). The Morgan fingerprint density at radius 2 is 2.27 bits per heavy atom. The zero-order valence-corrected chi connectivity index (χ0v) is 10.9. The molecule has 0 radical (unpaired) electrons. The van der Waals surface area contributed by atoms with Crippen LogP contribution in [0.2, 0.25) is 0 Å². The average molecular weight is 278 g/mol. The topological polar surface area (TPSA) is 40.5 Å². The third kappa shape index (κ3) is 3.45. The van der Waals surface area contributed by atoms with Gasteiger partial charge in [0.2, 0.25) is 5.91 Å². The summed E-state index contributed by atoms with van der Waals surface area (Å²) in [5.74, 6) is 0.137. The lowest BCUT2D eigenvalue weighted by molar-refractivity contribution is -0.133. The maximum absolute atomic E-state index is 12.0. The normalized spacial score (nSPS) is 24.7. The number of amides is 1. The molecule has 0 aromatic carbocycles. The molecule has 1 aliphatic rings. The van der Waals surface area contributed by atoms with Crippen LogP contribution in [0.5, 0.6) is 0 Å². The summed E-state index contributed by atoms with van der Waals surface area (Å²) in [6, 6.07) is 0.0339. The third-order valence-electron chi connectivity index (χ3n) is 3.00. The first-order valence-electron chi connectivity index (χ1n) is 5.76. The smallest absolute Gasteiger partial charge is 0.236 e. The van der Waals surface area contributed by atoms with E-state index in [1.54, 1.807) is 0 Å². The van der Waals surface area contributed by atoms with Crippen molar-refractivity contribution in [1.82, 2.24) is 4.90 Å². The zero-order valence-electron chi connectivity index (χ0n) is 9.29. The molecule has 2 unspecified atom stereocenters. The lowest BCUT2D eigenvalue weighted by atomic mass is 10.1. The highest BCUT2D eigenvalue weighted by atomic mass is 79.9. The SMILES string of the molecule is CCC(Br)C(=O)N1CCCCCC1CO. The lowest BCUT2D eigenvalue weighted by Crippen LogP contribution is -2.45. The number of carbonyl (C=O) groups excluding carboxylic acids is 1. The van der Waals surface area contributed by atoms with Crippen molar-refractivity contribution < 1.29 is 9.90 Å². The van der Waals surface area contributed by atoms with Gasteiger partial charge < -0.3 is 10.0 Å². The summed E-state index contributed by atoms with van der Waals surface area (Å²) in [4.78, 5) is 13.8. The van der Waals surface area contributed by atoms with Gasteiger partial charge in [-0.2, -0.15) is 0 Å². The molecule has 1 amide bonds. The quantitative estimate of drug-likeness (QED) is 0.801. The van der Waals surface area contributed by atoms with E-state index >= 15 is 0 Å². The molecule has 4 heteroatoms. The van der Waals surface area contributed by atoms with E-state index in [-0.39, 0.29) is 23.4 Å². The summed E-state index contributed by atoms with van der Waals surface area (Å²) in [6.45, 7) is 2.88.